The Kier molecular flexibility index (Phi) is 8.42. The predicted molar refractivity (Wildman–Crippen MR) is 142 cm³/mol. The van der Waals surface area contributed by atoms with Gasteiger partial charge in [-0.2, -0.15) is 0 Å². The first-order valence-corrected chi connectivity index (χ1v) is 12.6. The van der Waals surface area contributed by atoms with Crippen molar-refractivity contribution in [2.75, 3.05) is 12.8 Å². The number of aliphatic hydroxyl groups is 1. The summed E-state index contributed by atoms with van der Waals surface area (Å²) >= 11 is 5.98. The molecule has 14 nitrogen and oxygen atoms in total. The van der Waals surface area contributed by atoms with E-state index in [9.17, 15) is 19.5 Å². The summed E-state index contributed by atoms with van der Waals surface area (Å²) in [5, 5.41) is 17.0. The third kappa shape index (κ3) is 6.41. The molecule has 5 N–H and O–H groups in total. The fourth-order valence-electron chi connectivity index (χ4n) is 4.22. The minimum Gasteiger partial charge on any atom is -0.467 e. The summed E-state index contributed by atoms with van der Waals surface area (Å²) in [4.78, 5) is 50.9. The number of aliphatic hydroxyl groups excluding tert-OH is 1. The number of nitrogens with one attached hydrogen (secondary N) is 2. The van der Waals surface area contributed by atoms with Crippen LogP contribution in [0.4, 0.5) is 10.6 Å². The number of halogens is 1. The van der Waals surface area contributed by atoms with Crippen LogP contribution in [0.5, 0.6) is 0 Å². The Morgan fingerprint density at radius 2 is 1.90 bits per heavy atom. The van der Waals surface area contributed by atoms with Crippen LogP contribution in [0, 0.1) is 0 Å². The van der Waals surface area contributed by atoms with Gasteiger partial charge >= 0.3 is 12.1 Å². The maximum Gasteiger partial charge on any atom is 0.408 e. The van der Waals surface area contributed by atoms with E-state index in [2.05, 4.69) is 25.6 Å². The lowest BCUT2D eigenvalue weighted by atomic mass is 10.0. The van der Waals surface area contributed by atoms with Gasteiger partial charge in [0.15, 0.2) is 23.8 Å². The zero-order valence-electron chi connectivity index (χ0n) is 22.2. The van der Waals surface area contributed by atoms with Gasteiger partial charge in [0.1, 0.15) is 29.6 Å². The molecule has 4 rings (SSSR count). The molecule has 1 unspecified atom stereocenters. The number of esters is 1. The van der Waals surface area contributed by atoms with Crippen LogP contribution in [0.2, 0.25) is 5.02 Å². The monoisotopic (exact) mass is 575 g/mol. The van der Waals surface area contributed by atoms with E-state index >= 15 is 0 Å². The average Bonchev–Trinajstić information content (AvgIpc) is 3.45. The van der Waals surface area contributed by atoms with Crippen molar-refractivity contribution in [3.8, 4) is 0 Å². The Balaban J connectivity index is 1.60. The number of benzene rings is 1. The molecule has 214 valence electrons. The highest BCUT2D eigenvalue weighted by Crippen LogP contribution is 2.32. The van der Waals surface area contributed by atoms with E-state index in [1.807, 2.05) is 0 Å². The number of hydrogen-bond acceptors (Lipinski definition) is 11. The number of fused-ring (bicyclic) bond motifs is 1. The highest BCUT2D eigenvalue weighted by atomic mass is 35.5. The molecule has 0 radical (unpaired) electrons. The number of alkyl carbamates (subject to hydrolysis) is 1. The first-order valence-electron chi connectivity index (χ1n) is 12.3. The molecule has 40 heavy (non-hydrogen) atoms. The van der Waals surface area contributed by atoms with E-state index in [4.69, 9.17) is 31.5 Å². The van der Waals surface area contributed by atoms with Gasteiger partial charge < -0.3 is 35.7 Å². The Hall–Kier alpha value is -4.01. The molecule has 0 saturated carbocycles. The van der Waals surface area contributed by atoms with Crippen LogP contribution in [-0.4, -0.2) is 79.6 Å². The molecule has 3 aromatic rings. The van der Waals surface area contributed by atoms with Crippen LogP contribution in [0.25, 0.3) is 11.2 Å². The third-order valence-corrected chi connectivity index (χ3v) is 6.29. The van der Waals surface area contributed by atoms with Gasteiger partial charge in [-0.15, -0.1) is 0 Å². The molecule has 0 aliphatic carbocycles. The number of methoxy groups -OCH3 is 1. The molecular weight excluding hydrogens is 546 g/mol. The molecule has 1 aromatic carbocycles. The molecule has 1 aliphatic rings. The number of amides is 2. The molecule has 15 heteroatoms. The van der Waals surface area contributed by atoms with Gasteiger partial charge in [-0.25, -0.2) is 24.5 Å². The standard InChI is InChI=1S/C25H30ClN7O7/c1-25(2,3)40-24(37)31-14(9-12-5-7-13(26)8-6-12)21(35)32-15-17(34)22(39-18(15)23(36)38-4)33-11-30-16-19(27)28-10-29-20(16)33/h5-8,10-11,14-15,17-18,22,34H,9H2,1-4H3,(H,31,37)(H,32,35)(H2,27,28,29)/t14?,15-,17+,18-,22+/m0/s1. The molecule has 2 amide bonds. The summed E-state index contributed by atoms with van der Waals surface area (Å²) in [6.07, 6.45) is -2.27. The topological polar surface area (TPSA) is 193 Å². The average molecular weight is 576 g/mol. The van der Waals surface area contributed by atoms with Crippen molar-refractivity contribution in [3.05, 3.63) is 47.5 Å². The van der Waals surface area contributed by atoms with Crippen LogP contribution in [0.15, 0.2) is 36.9 Å². The highest BCUT2D eigenvalue weighted by molar-refractivity contribution is 6.30. The number of nitrogens with zero attached hydrogens (tertiary/aromatic N) is 4. The van der Waals surface area contributed by atoms with E-state index < -0.39 is 54.1 Å². The number of nitrogen functional groups attached to an aromatic ring is 1. The number of imidazole rings is 1. The van der Waals surface area contributed by atoms with E-state index in [-0.39, 0.29) is 23.4 Å². The first kappa shape index (κ1) is 29.0. The number of carbonyl (C=O) groups is 3. The second-order valence-electron chi connectivity index (χ2n) is 10.1. The maximum absolute atomic E-state index is 13.5. The van der Waals surface area contributed by atoms with E-state index in [1.165, 1.54) is 17.2 Å². The molecule has 5 atom stereocenters. The van der Waals surface area contributed by atoms with E-state index in [0.717, 1.165) is 7.11 Å². The van der Waals surface area contributed by atoms with Gasteiger partial charge in [0, 0.05) is 11.4 Å². The lowest BCUT2D eigenvalue weighted by Gasteiger charge is -2.26. The normalized spacial score (nSPS) is 21.6. The Morgan fingerprint density at radius 3 is 2.55 bits per heavy atom. The van der Waals surface area contributed by atoms with Crippen LogP contribution in [0.3, 0.4) is 0 Å². The Bertz CT molecular complexity index is 1390. The molecular formula is C25H30ClN7O7. The number of rotatable bonds is 7. The summed E-state index contributed by atoms with van der Waals surface area (Å²) < 4.78 is 17.4. The number of hydrogen-bond donors (Lipinski definition) is 4. The van der Waals surface area contributed by atoms with Crippen LogP contribution >= 0.6 is 11.6 Å². The van der Waals surface area contributed by atoms with Gasteiger partial charge in [-0.1, -0.05) is 23.7 Å². The number of carbonyl (C=O) groups excluding carboxylic acids is 3. The minimum absolute atomic E-state index is 0.0561. The fraction of sp³-hybridized carbons (Fsp3) is 0.440. The molecule has 1 saturated heterocycles. The van der Waals surface area contributed by atoms with Crippen molar-refractivity contribution < 1.29 is 33.7 Å². The number of ether oxygens (including phenoxy) is 3. The number of aromatic nitrogens is 4. The van der Waals surface area contributed by atoms with Crippen LogP contribution in [0.1, 0.15) is 32.6 Å². The molecule has 0 bridgehead atoms. The predicted octanol–water partition coefficient (Wildman–Crippen LogP) is 1.11. The van der Waals surface area contributed by atoms with Gasteiger partial charge in [0.2, 0.25) is 5.91 Å². The second kappa shape index (κ2) is 11.6. The van der Waals surface area contributed by atoms with Crippen molar-refractivity contribution in [1.29, 1.82) is 0 Å². The fourth-order valence-corrected chi connectivity index (χ4v) is 4.34. The Morgan fingerprint density at radius 1 is 1.20 bits per heavy atom. The summed E-state index contributed by atoms with van der Waals surface area (Å²) in [6.45, 7) is 5.06. The van der Waals surface area contributed by atoms with Gasteiger partial charge in [-0.05, 0) is 38.5 Å². The quantitative estimate of drug-likeness (QED) is 0.295. The van der Waals surface area contributed by atoms with Gasteiger partial charge in [0.05, 0.1) is 19.5 Å². The Labute approximate surface area is 234 Å². The second-order valence-corrected chi connectivity index (χ2v) is 10.5. The third-order valence-electron chi connectivity index (χ3n) is 6.04. The summed E-state index contributed by atoms with van der Waals surface area (Å²) in [5.41, 5.74) is 6.25. The molecule has 1 fully saturated rings. The maximum atomic E-state index is 13.5. The van der Waals surface area contributed by atoms with Crippen molar-refractivity contribution in [2.45, 2.75) is 63.3 Å². The van der Waals surface area contributed by atoms with E-state index in [0.29, 0.717) is 10.6 Å². The highest BCUT2D eigenvalue weighted by Gasteiger charge is 2.50. The zero-order valence-corrected chi connectivity index (χ0v) is 23.0. The number of nitrogens with two attached hydrogens (primary N) is 1. The zero-order chi connectivity index (χ0) is 29.2. The van der Waals surface area contributed by atoms with Crippen molar-refractivity contribution >= 4 is 46.6 Å². The summed E-state index contributed by atoms with van der Waals surface area (Å²) in [7, 11) is 1.15. The van der Waals surface area contributed by atoms with Crippen LogP contribution < -0.4 is 16.4 Å². The van der Waals surface area contributed by atoms with Crippen molar-refractivity contribution in [1.82, 2.24) is 30.2 Å². The molecule has 0 spiro atoms. The molecule has 1 aliphatic heterocycles. The minimum atomic E-state index is -1.46. The smallest absolute Gasteiger partial charge is 0.408 e. The molecule has 2 aromatic heterocycles. The van der Waals surface area contributed by atoms with Crippen LogP contribution in [-0.2, 0) is 30.2 Å². The van der Waals surface area contributed by atoms with Gasteiger partial charge in [0.25, 0.3) is 0 Å². The number of anilines is 1. The summed E-state index contributed by atoms with van der Waals surface area (Å²) in [5.74, 6) is -1.42. The van der Waals surface area contributed by atoms with E-state index in [1.54, 1.807) is 45.0 Å². The van der Waals surface area contributed by atoms with Gasteiger partial charge in [-0.3, -0.25) is 9.36 Å². The van der Waals surface area contributed by atoms with Crippen molar-refractivity contribution in [3.63, 3.8) is 0 Å². The lowest BCUT2D eigenvalue weighted by molar-refractivity contribution is -0.156. The largest absolute Gasteiger partial charge is 0.467 e. The first-order chi connectivity index (χ1) is 18.9. The van der Waals surface area contributed by atoms with Crippen molar-refractivity contribution in [2.24, 2.45) is 0 Å². The summed E-state index contributed by atoms with van der Waals surface area (Å²) in [6, 6.07) is 4.29. The molecule has 3 heterocycles. The lowest BCUT2D eigenvalue weighted by Crippen LogP contribution is -2.56. The SMILES string of the molecule is COC(=O)[C@H]1O[C@@H](n2cnc3c(N)ncnc32)[C@H](O)[C@@H]1NC(=O)C(Cc1ccc(Cl)cc1)NC(=O)OC(C)(C)C.